The highest BCUT2D eigenvalue weighted by atomic mass is 19.1. The predicted molar refractivity (Wildman–Crippen MR) is 98.8 cm³/mol. The Morgan fingerprint density at radius 1 is 1.04 bits per heavy atom. The van der Waals surface area contributed by atoms with Crippen molar-refractivity contribution in [2.75, 3.05) is 30.3 Å². The van der Waals surface area contributed by atoms with Gasteiger partial charge in [-0.2, -0.15) is 0 Å². The molecule has 3 amide bonds. The highest BCUT2D eigenvalue weighted by Gasteiger charge is 2.13. The first-order valence-electron chi connectivity index (χ1n) is 8.37. The summed E-state index contributed by atoms with van der Waals surface area (Å²) in [6.07, 6.45) is 0.767. The zero-order valence-corrected chi connectivity index (χ0v) is 14.5. The first-order chi connectivity index (χ1) is 12.5. The van der Waals surface area contributed by atoms with Gasteiger partial charge in [0.25, 0.3) is 5.91 Å². The molecule has 0 spiro atoms. The smallest absolute Gasteiger partial charge is 0.321 e. The highest BCUT2D eigenvalue weighted by molar-refractivity contribution is 6.05. The SMILES string of the molecule is CCCN(CCO)C(=O)Nc1cccc(C(=O)Nc2cccc(F)c2)c1. The van der Waals surface area contributed by atoms with Gasteiger partial charge < -0.3 is 20.6 Å². The molecule has 6 nitrogen and oxygen atoms in total. The third-order valence-electron chi connectivity index (χ3n) is 3.61. The minimum absolute atomic E-state index is 0.122. The van der Waals surface area contributed by atoms with Crippen molar-refractivity contribution in [2.45, 2.75) is 13.3 Å². The van der Waals surface area contributed by atoms with E-state index in [0.717, 1.165) is 6.42 Å². The van der Waals surface area contributed by atoms with Crippen LogP contribution in [-0.2, 0) is 0 Å². The van der Waals surface area contributed by atoms with Gasteiger partial charge >= 0.3 is 6.03 Å². The molecule has 0 saturated heterocycles. The molecule has 0 aliphatic rings. The lowest BCUT2D eigenvalue weighted by atomic mass is 10.2. The molecule has 138 valence electrons. The molecule has 0 aromatic heterocycles. The zero-order chi connectivity index (χ0) is 18.9. The summed E-state index contributed by atoms with van der Waals surface area (Å²) in [7, 11) is 0. The van der Waals surface area contributed by atoms with Crippen LogP contribution in [0.1, 0.15) is 23.7 Å². The monoisotopic (exact) mass is 359 g/mol. The summed E-state index contributed by atoms with van der Waals surface area (Å²) in [4.78, 5) is 26.1. The molecule has 7 heteroatoms. The maximum Gasteiger partial charge on any atom is 0.321 e. The van der Waals surface area contributed by atoms with Gasteiger partial charge in [-0.1, -0.05) is 19.1 Å². The van der Waals surface area contributed by atoms with Gasteiger partial charge in [0, 0.05) is 30.0 Å². The number of nitrogens with zero attached hydrogens (tertiary/aromatic N) is 1. The molecule has 0 aliphatic carbocycles. The molecule has 0 unspecified atom stereocenters. The molecule has 0 heterocycles. The highest BCUT2D eigenvalue weighted by Crippen LogP contribution is 2.15. The van der Waals surface area contributed by atoms with E-state index in [1.165, 1.54) is 29.2 Å². The number of amides is 3. The van der Waals surface area contributed by atoms with Gasteiger partial charge in [-0.3, -0.25) is 4.79 Å². The standard InChI is InChI=1S/C19H22FN3O3/c1-2-9-23(10-11-24)19(26)22-16-7-3-5-14(12-16)18(25)21-17-8-4-6-15(20)13-17/h3-8,12-13,24H,2,9-11H2,1H3,(H,21,25)(H,22,26). The quantitative estimate of drug-likeness (QED) is 0.709. The van der Waals surface area contributed by atoms with Crippen molar-refractivity contribution in [1.82, 2.24) is 4.90 Å². The van der Waals surface area contributed by atoms with E-state index in [1.807, 2.05) is 6.92 Å². The fourth-order valence-electron chi connectivity index (χ4n) is 2.42. The number of benzene rings is 2. The van der Waals surface area contributed by atoms with Crippen LogP contribution >= 0.6 is 0 Å². The second-order valence-electron chi connectivity index (χ2n) is 5.69. The Hall–Kier alpha value is -2.93. The van der Waals surface area contributed by atoms with Gasteiger partial charge in [-0.15, -0.1) is 0 Å². The molecule has 0 fully saturated rings. The van der Waals surface area contributed by atoms with Crippen molar-refractivity contribution in [3.63, 3.8) is 0 Å². The molecular formula is C19H22FN3O3. The van der Waals surface area contributed by atoms with Gasteiger partial charge in [0.15, 0.2) is 0 Å². The maximum absolute atomic E-state index is 13.2. The van der Waals surface area contributed by atoms with E-state index < -0.39 is 11.7 Å². The molecule has 26 heavy (non-hydrogen) atoms. The summed E-state index contributed by atoms with van der Waals surface area (Å²) in [6, 6.07) is 11.7. The minimum atomic E-state index is -0.441. The van der Waals surface area contributed by atoms with Crippen molar-refractivity contribution in [3.05, 3.63) is 59.9 Å². The Morgan fingerprint density at radius 2 is 1.73 bits per heavy atom. The molecule has 0 aliphatic heterocycles. The van der Waals surface area contributed by atoms with Crippen LogP contribution in [0.5, 0.6) is 0 Å². The van der Waals surface area contributed by atoms with Gasteiger partial charge in [0.1, 0.15) is 5.82 Å². The summed E-state index contributed by atoms with van der Waals surface area (Å²) < 4.78 is 13.2. The van der Waals surface area contributed by atoms with Crippen LogP contribution in [0.3, 0.4) is 0 Å². The number of hydrogen-bond donors (Lipinski definition) is 3. The van der Waals surface area contributed by atoms with Crippen LogP contribution in [0.2, 0.25) is 0 Å². The number of urea groups is 1. The second-order valence-corrected chi connectivity index (χ2v) is 5.69. The van der Waals surface area contributed by atoms with Crippen molar-refractivity contribution in [1.29, 1.82) is 0 Å². The maximum atomic E-state index is 13.2. The molecule has 0 radical (unpaired) electrons. The Morgan fingerprint density at radius 3 is 2.38 bits per heavy atom. The lowest BCUT2D eigenvalue weighted by Crippen LogP contribution is -2.37. The van der Waals surface area contributed by atoms with Crippen LogP contribution in [0.15, 0.2) is 48.5 Å². The van der Waals surface area contributed by atoms with Crippen LogP contribution < -0.4 is 10.6 Å². The minimum Gasteiger partial charge on any atom is -0.395 e. The van der Waals surface area contributed by atoms with Crippen LogP contribution in [0, 0.1) is 5.82 Å². The second kappa shape index (κ2) is 9.53. The Balaban J connectivity index is 2.06. The van der Waals surface area contributed by atoms with Gasteiger partial charge in [0.2, 0.25) is 0 Å². The molecule has 2 rings (SSSR count). The Kier molecular flexibility index (Phi) is 7.11. The number of aliphatic hydroxyl groups excluding tert-OH is 1. The summed E-state index contributed by atoms with van der Waals surface area (Å²) >= 11 is 0. The van der Waals surface area contributed by atoms with Crippen molar-refractivity contribution >= 4 is 23.3 Å². The lowest BCUT2D eigenvalue weighted by Gasteiger charge is -2.21. The molecule has 3 N–H and O–H groups in total. The van der Waals surface area contributed by atoms with E-state index in [4.69, 9.17) is 5.11 Å². The third-order valence-corrected chi connectivity index (χ3v) is 3.61. The Labute approximate surface area is 151 Å². The van der Waals surface area contributed by atoms with E-state index in [0.29, 0.717) is 23.5 Å². The van der Waals surface area contributed by atoms with Crippen LogP contribution in [-0.4, -0.2) is 41.6 Å². The van der Waals surface area contributed by atoms with Crippen molar-refractivity contribution in [2.24, 2.45) is 0 Å². The molecule has 0 saturated carbocycles. The predicted octanol–water partition coefficient (Wildman–Crippen LogP) is 3.31. The Bertz CT molecular complexity index is 761. The number of rotatable bonds is 7. The average molecular weight is 359 g/mol. The summed E-state index contributed by atoms with van der Waals surface area (Å²) in [5.74, 6) is -0.851. The molecular weight excluding hydrogens is 337 g/mol. The van der Waals surface area contributed by atoms with E-state index in [1.54, 1.807) is 24.3 Å². The average Bonchev–Trinajstić information content (AvgIpc) is 2.61. The van der Waals surface area contributed by atoms with Crippen molar-refractivity contribution < 1.29 is 19.1 Å². The van der Waals surface area contributed by atoms with Crippen LogP contribution in [0.4, 0.5) is 20.6 Å². The normalized spacial score (nSPS) is 10.3. The molecule has 0 bridgehead atoms. The van der Waals surface area contributed by atoms with E-state index >= 15 is 0 Å². The fraction of sp³-hybridized carbons (Fsp3) is 0.263. The topological polar surface area (TPSA) is 81.7 Å². The molecule has 2 aromatic carbocycles. The summed E-state index contributed by atoms with van der Waals surface area (Å²) in [5.41, 5.74) is 1.14. The number of hydrogen-bond acceptors (Lipinski definition) is 3. The fourth-order valence-corrected chi connectivity index (χ4v) is 2.42. The third kappa shape index (κ3) is 5.56. The van der Waals surface area contributed by atoms with Crippen LogP contribution in [0.25, 0.3) is 0 Å². The molecule has 2 aromatic rings. The lowest BCUT2D eigenvalue weighted by molar-refractivity contribution is 0.102. The number of halogens is 1. The first kappa shape index (κ1) is 19.4. The number of aliphatic hydroxyl groups is 1. The number of carbonyl (C=O) groups is 2. The van der Waals surface area contributed by atoms with Gasteiger partial charge in [-0.25, -0.2) is 9.18 Å². The summed E-state index contributed by atoms with van der Waals surface area (Å²) in [5, 5.41) is 14.4. The van der Waals surface area contributed by atoms with Crippen molar-refractivity contribution in [3.8, 4) is 0 Å². The largest absolute Gasteiger partial charge is 0.395 e. The summed E-state index contributed by atoms with van der Waals surface area (Å²) in [6.45, 7) is 2.57. The number of nitrogens with one attached hydrogen (secondary N) is 2. The van der Waals surface area contributed by atoms with Gasteiger partial charge in [-0.05, 0) is 42.8 Å². The zero-order valence-electron chi connectivity index (χ0n) is 14.5. The number of anilines is 2. The first-order valence-corrected chi connectivity index (χ1v) is 8.37. The van der Waals surface area contributed by atoms with E-state index in [2.05, 4.69) is 10.6 Å². The van der Waals surface area contributed by atoms with E-state index in [-0.39, 0.29) is 19.2 Å². The van der Waals surface area contributed by atoms with E-state index in [9.17, 15) is 14.0 Å². The number of carbonyl (C=O) groups excluding carboxylic acids is 2. The molecule has 0 atom stereocenters. The van der Waals surface area contributed by atoms with Gasteiger partial charge in [0.05, 0.1) is 6.61 Å².